The number of aliphatic carboxylic acids is 1. The van der Waals surface area contributed by atoms with Gasteiger partial charge in [-0.05, 0) is 19.9 Å². The van der Waals surface area contributed by atoms with Crippen molar-refractivity contribution in [3.63, 3.8) is 0 Å². The Morgan fingerprint density at radius 3 is 2.50 bits per heavy atom. The Bertz CT molecular complexity index is 238. The number of amides is 1. The Balaban J connectivity index is 2.41. The van der Waals surface area contributed by atoms with Gasteiger partial charge in [-0.2, -0.15) is 0 Å². The van der Waals surface area contributed by atoms with Crippen molar-refractivity contribution in [2.24, 2.45) is 0 Å². The van der Waals surface area contributed by atoms with Crippen LogP contribution in [-0.4, -0.2) is 47.6 Å². The van der Waals surface area contributed by atoms with Crippen LogP contribution in [0.15, 0.2) is 0 Å². The average Bonchev–Trinajstić information content (AvgIpc) is 2.83. The molecule has 14 heavy (non-hydrogen) atoms. The molecule has 5 heteroatoms. The summed E-state index contributed by atoms with van der Waals surface area (Å²) in [5.41, 5.74) is 0. The number of likely N-dealkylation sites (N-methyl/N-ethyl adjacent to an activating group) is 1. The van der Waals surface area contributed by atoms with Crippen molar-refractivity contribution in [3.8, 4) is 0 Å². The SMILES string of the molecule is CC(=O)NC(CN(C)C1CC1)C(=O)O. The highest BCUT2D eigenvalue weighted by Crippen LogP contribution is 2.25. The summed E-state index contributed by atoms with van der Waals surface area (Å²) in [6.07, 6.45) is 2.26. The van der Waals surface area contributed by atoms with Crippen LogP contribution < -0.4 is 5.32 Å². The van der Waals surface area contributed by atoms with E-state index in [9.17, 15) is 9.59 Å². The monoisotopic (exact) mass is 200 g/mol. The number of carbonyl (C=O) groups is 2. The van der Waals surface area contributed by atoms with E-state index in [-0.39, 0.29) is 5.91 Å². The second-order valence-corrected chi connectivity index (χ2v) is 3.76. The third kappa shape index (κ3) is 3.33. The lowest BCUT2D eigenvalue weighted by Gasteiger charge is -2.21. The molecule has 0 aromatic carbocycles. The zero-order valence-corrected chi connectivity index (χ0v) is 8.49. The van der Waals surface area contributed by atoms with Crippen LogP contribution in [0.5, 0.6) is 0 Å². The molecule has 1 unspecified atom stereocenters. The summed E-state index contributed by atoms with van der Waals surface area (Å²) in [5.74, 6) is -1.28. The van der Waals surface area contributed by atoms with Crippen LogP contribution >= 0.6 is 0 Å². The van der Waals surface area contributed by atoms with Gasteiger partial charge in [-0.15, -0.1) is 0 Å². The van der Waals surface area contributed by atoms with E-state index in [0.29, 0.717) is 12.6 Å². The van der Waals surface area contributed by atoms with Crippen LogP contribution in [-0.2, 0) is 9.59 Å². The van der Waals surface area contributed by atoms with Crippen molar-refractivity contribution in [1.82, 2.24) is 10.2 Å². The molecule has 80 valence electrons. The Hall–Kier alpha value is -1.10. The lowest BCUT2D eigenvalue weighted by molar-refractivity contribution is -0.142. The second kappa shape index (κ2) is 4.41. The van der Waals surface area contributed by atoms with Gasteiger partial charge in [-0.25, -0.2) is 4.79 Å². The number of nitrogens with one attached hydrogen (secondary N) is 1. The molecule has 0 saturated heterocycles. The third-order valence-corrected chi connectivity index (χ3v) is 2.32. The molecule has 1 saturated carbocycles. The second-order valence-electron chi connectivity index (χ2n) is 3.76. The summed E-state index contributed by atoms with van der Waals surface area (Å²) in [4.78, 5) is 23.5. The standard InChI is InChI=1S/C9H16N2O3/c1-6(12)10-8(9(13)14)5-11(2)7-3-4-7/h7-8H,3-5H2,1-2H3,(H,10,12)(H,13,14). The van der Waals surface area contributed by atoms with Gasteiger partial charge >= 0.3 is 5.97 Å². The molecule has 1 amide bonds. The van der Waals surface area contributed by atoms with Crippen LogP contribution in [0.1, 0.15) is 19.8 Å². The fraction of sp³-hybridized carbons (Fsp3) is 0.778. The van der Waals surface area contributed by atoms with Gasteiger partial charge in [-0.3, -0.25) is 4.79 Å². The molecule has 0 bridgehead atoms. The maximum absolute atomic E-state index is 10.8. The molecule has 0 aromatic rings. The molecule has 0 aliphatic heterocycles. The maximum atomic E-state index is 10.8. The molecule has 2 N–H and O–H groups in total. The van der Waals surface area contributed by atoms with Crippen molar-refractivity contribution in [3.05, 3.63) is 0 Å². The van der Waals surface area contributed by atoms with E-state index in [4.69, 9.17) is 5.11 Å². The van der Waals surface area contributed by atoms with Gasteiger partial charge in [0, 0.05) is 19.5 Å². The molecule has 0 aromatic heterocycles. The molecule has 5 nitrogen and oxygen atoms in total. The summed E-state index contributed by atoms with van der Waals surface area (Å²) in [6, 6.07) is -0.288. The lowest BCUT2D eigenvalue weighted by Crippen LogP contribution is -2.47. The van der Waals surface area contributed by atoms with Crippen molar-refractivity contribution < 1.29 is 14.7 Å². The highest BCUT2D eigenvalue weighted by Gasteiger charge is 2.30. The minimum absolute atomic E-state index is 0.304. The highest BCUT2D eigenvalue weighted by molar-refractivity contribution is 5.82. The minimum atomic E-state index is -0.979. The summed E-state index contributed by atoms with van der Waals surface area (Å²) in [6.45, 7) is 1.70. The summed E-state index contributed by atoms with van der Waals surface area (Å²) in [7, 11) is 1.88. The van der Waals surface area contributed by atoms with Crippen molar-refractivity contribution in [1.29, 1.82) is 0 Å². The first-order chi connectivity index (χ1) is 6.50. The number of carboxylic acids is 1. The van der Waals surface area contributed by atoms with E-state index in [1.54, 1.807) is 0 Å². The third-order valence-electron chi connectivity index (χ3n) is 2.32. The number of carbonyl (C=O) groups excluding carboxylic acids is 1. The van der Waals surface area contributed by atoms with Crippen LogP contribution in [0.2, 0.25) is 0 Å². The van der Waals surface area contributed by atoms with E-state index in [1.165, 1.54) is 6.92 Å². The van der Waals surface area contributed by atoms with Crippen LogP contribution in [0.3, 0.4) is 0 Å². The van der Waals surface area contributed by atoms with E-state index >= 15 is 0 Å². The number of rotatable bonds is 5. The molecule has 0 spiro atoms. The van der Waals surface area contributed by atoms with Crippen LogP contribution in [0.4, 0.5) is 0 Å². The predicted octanol–water partition coefficient (Wildman–Crippen LogP) is -0.330. The molecule has 1 atom stereocenters. The van der Waals surface area contributed by atoms with Gasteiger partial charge < -0.3 is 15.3 Å². The summed E-state index contributed by atoms with van der Waals surface area (Å²) < 4.78 is 0. The maximum Gasteiger partial charge on any atom is 0.327 e. The Kier molecular flexibility index (Phi) is 3.46. The molecule has 1 fully saturated rings. The predicted molar refractivity (Wildman–Crippen MR) is 50.9 cm³/mol. The molecular weight excluding hydrogens is 184 g/mol. The molecule has 1 rings (SSSR count). The summed E-state index contributed by atoms with van der Waals surface area (Å²) in [5, 5.41) is 11.2. The van der Waals surface area contributed by atoms with E-state index in [1.807, 2.05) is 11.9 Å². The van der Waals surface area contributed by atoms with Crippen molar-refractivity contribution >= 4 is 11.9 Å². The summed E-state index contributed by atoms with van der Waals surface area (Å²) >= 11 is 0. The normalized spacial score (nSPS) is 17.9. The molecule has 0 heterocycles. The van der Waals surface area contributed by atoms with Crippen molar-refractivity contribution in [2.75, 3.05) is 13.6 Å². The van der Waals surface area contributed by atoms with Gasteiger partial charge in [-0.1, -0.05) is 0 Å². The Morgan fingerprint density at radius 1 is 1.57 bits per heavy atom. The smallest absolute Gasteiger partial charge is 0.327 e. The van der Waals surface area contributed by atoms with Crippen molar-refractivity contribution in [2.45, 2.75) is 31.8 Å². The molecule has 1 aliphatic rings. The van der Waals surface area contributed by atoms with E-state index < -0.39 is 12.0 Å². The van der Waals surface area contributed by atoms with E-state index in [0.717, 1.165) is 12.8 Å². The van der Waals surface area contributed by atoms with Crippen LogP contribution in [0, 0.1) is 0 Å². The fourth-order valence-corrected chi connectivity index (χ4v) is 1.38. The molecular formula is C9H16N2O3. The molecule has 1 aliphatic carbocycles. The first-order valence-corrected chi connectivity index (χ1v) is 4.71. The zero-order chi connectivity index (χ0) is 10.7. The topological polar surface area (TPSA) is 69.6 Å². The number of carboxylic acid groups (broad SMARTS) is 1. The number of hydrogen-bond donors (Lipinski definition) is 2. The van der Waals surface area contributed by atoms with E-state index in [2.05, 4.69) is 5.32 Å². The lowest BCUT2D eigenvalue weighted by atomic mass is 10.2. The highest BCUT2D eigenvalue weighted by atomic mass is 16.4. The fourth-order valence-electron chi connectivity index (χ4n) is 1.38. The zero-order valence-electron chi connectivity index (χ0n) is 8.49. The molecule has 0 radical (unpaired) electrons. The Labute approximate surface area is 83.1 Å². The van der Waals surface area contributed by atoms with Gasteiger partial charge in [0.2, 0.25) is 5.91 Å². The van der Waals surface area contributed by atoms with Gasteiger partial charge in [0.05, 0.1) is 0 Å². The first kappa shape index (κ1) is 11.0. The van der Waals surface area contributed by atoms with Gasteiger partial charge in [0.25, 0.3) is 0 Å². The number of nitrogens with zero attached hydrogens (tertiary/aromatic N) is 1. The van der Waals surface area contributed by atoms with Gasteiger partial charge in [0.15, 0.2) is 0 Å². The van der Waals surface area contributed by atoms with Gasteiger partial charge in [0.1, 0.15) is 6.04 Å². The van der Waals surface area contributed by atoms with Crippen LogP contribution in [0.25, 0.3) is 0 Å². The Morgan fingerprint density at radius 2 is 2.14 bits per heavy atom. The first-order valence-electron chi connectivity index (χ1n) is 4.71. The average molecular weight is 200 g/mol. The largest absolute Gasteiger partial charge is 0.480 e. The quantitative estimate of drug-likeness (QED) is 0.637. The number of hydrogen-bond acceptors (Lipinski definition) is 3. The minimum Gasteiger partial charge on any atom is -0.480 e.